The van der Waals surface area contributed by atoms with Gasteiger partial charge in [-0.15, -0.1) is 0 Å². The second kappa shape index (κ2) is 11.7. The highest BCUT2D eigenvalue weighted by Crippen LogP contribution is 2.21. The molecule has 2 aromatic rings. The zero-order valence-corrected chi connectivity index (χ0v) is 15.7. The molecule has 1 atom stereocenters. The minimum Gasteiger partial charge on any atom is -0.549 e. The fraction of sp³-hybridized carbons (Fsp3) is 0.350. The predicted octanol–water partition coefficient (Wildman–Crippen LogP) is 0.184. The maximum Gasteiger partial charge on any atom is 0.235 e. The maximum atomic E-state index is 11.6. The summed E-state index contributed by atoms with van der Waals surface area (Å²) in [4.78, 5) is 16.8. The molecule has 2 rings (SSSR count). The number of hydrogen-bond donors (Lipinski definition) is 0. The van der Waals surface area contributed by atoms with Crippen LogP contribution in [0.15, 0.2) is 54.9 Å². The third kappa shape index (κ3) is 6.98. The number of rotatable bonds is 12. The van der Waals surface area contributed by atoms with Crippen molar-refractivity contribution in [2.45, 2.75) is 19.1 Å². The van der Waals surface area contributed by atoms with Crippen LogP contribution in [0.2, 0.25) is 0 Å². The van der Waals surface area contributed by atoms with Gasteiger partial charge in [-0.05, 0) is 11.1 Å². The van der Waals surface area contributed by atoms with Gasteiger partial charge in [0, 0.05) is 30.1 Å². The molecular weight excluding hydrogens is 364 g/mol. The van der Waals surface area contributed by atoms with Crippen molar-refractivity contribution in [3.63, 3.8) is 0 Å². The van der Waals surface area contributed by atoms with Gasteiger partial charge in [0.25, 0.3) is 0 Å². The van der Waals surface area contributed by atoms with Gasteiger partial charge >= 0.3 is 0 Å². The fourth-order valence-electron chi connectivity index (χ4n) is 2.61. The van der Waals surface area contributed by atoms with Crippen LogP contribution in [-0.4, -0.2) is 44.0 Å². The van der Waals surface area contributed by atoms with Gasteiger partial charge in [-0.25, -0.2) is 4.57 Å². The summed E-state index contributed by atoms with van der Waals surface area (Å²) in [6, 6.07) is 12.7. The van der Waals surface area contributed by atoms with Crippen molar-refractivity contribution in [3.05, 3.63) is 71.2 Å². The lowest BCUT2D eigenvalue weighted by Crippen LogP contribution is -2.35. The van der Waals surface area contributed by atoms with Gasteiger partial charge < -0.3 is 24.2 Å². The lowest BCUT2D eigenvalue weighted by molar-refractivity contribution is -0.767. The largest absolute Gasteiger partial charge is 0.549 e. The average molecular weight is 388 g/mol. The van der Waals surface area contributed by atoms with E-state index >= 15 is 0 Å². The molecule has 150 valence electrons. The van der Waals surface area contributed by atoms with Crippen molar-refractivity contribution in [3.8, 4) is 0 Å². The molecule has 8 heteroatoms. The zero-order valence-electron chi connectivity index (χ0n) is 15.7. The molecule has 0 amide bonds. The molecule has 8 nitrogen and oxygen atoms in total. The van der Waals surface area contributed by atoms with Crippen LogP contribution in [0.25, 0.3) is 0 Å². The SMILES string of the molecule is COCC(C(=O)[O-])c1ccccc1COC/C=[N+](\[O-])OCC[n+]1ccccc1. The molecule has 0 saturated heterocycles. The van der Waals surface area contributed by atoms with Gasteiger partial charge in [0.2, 0.25) is 6.21 Å². The lowest BCUT2D eigenvalue weighted by Gasteiger charge is -2.20. The Hall–Kier alpha value is -2.97. The molecule has 0 fully saturated rings. The third-order valence-electron chi connectivity index (χ3n) is 3.99. The first kappa shape index (κ1) is 21.3. The molecule has 28 heavy (non-hydrogen) atoms. The highest BCUT2D eigenvalue weighted by atomic mass is 16.9. The molecule has 0 aliphatic heterocycles. The Morgan fingerprint density at radius 3 is 2.68 bits per heavy atom. The number of carboxylic acid groups (broad SMARTS) is 1. The Kier molecular flexibility index (Phi) is 8.90. The van der Waals surface area contributed by atoms with Gasteiger partial charge in [0.15, 0.2) is 18.9 Å². The molecule has 0 N–H and O–H groups in total. The van der Waals surface area contributed by atoms with Gasteiger partial charge in [-0.2, -0.15) is 0 Å². The van der Waals surface area contributed by atoms with Crippen molar-refractivity contribution in [2.75, 3.05) is 26.9 Å². The van der Waals surface area contributed by atoms with Crippen molar-refractivity contribution in [2.24, 2.45) is 0 Å². The predicted molar refractivity (Wildman–Crippen MR) is 98.0 cm³/mol. The van der Waals surface area contributed by atoms with E-state index in [1.807, 2.05) is 35.2 Å². The molecule has 1 unspecified atom stereocenters. The van der Waals surface area contributed by atoms with E-state index in [9.17, 15) is 15.1 Å². The zero-order chi connectivity index (χ0) is 20.2. The van der Waals surface area contributed by atoms with Gasteiger partial charge in [0.05, 0.1) is 19.2 Å². The Morgan fingerprint density at radius 1 is 1.21 bits per heavy atom. The number of nitrogens with zero attached hydrogens (tertiary/aromatic N) is 2. The molecule has 0 aliphatic carbocycles. The molecule has 0 bridgehead atoms. The quantitative estimate of drug-likeness (QED) is 0.169. The van der Waals surface area contributed by atoms with E-state index in [4.69, 9.17) is 14.3 Å². The van der Waals surface area contributed by atoms with Crippen LogP contribution >= 0.6 is 0 Å². The minimum absolute atomic E-state index is 0.00702. The smallest absolute Gasteiger partial charge is 0.235 e. The summed E-state index contributed by atoms with van der Waals surface area (Å²) in [6.07, 6.45) is 4.99. The number of hydrogen-bond acceptors (Lipinski definition) is 6. The summed E-state index contributed by atoms with van der Waals surface area (Å²) < 4.78 is 12.3. The summed E-state index contributed by atoms with van der Waals surface area (Å²) in [5, 5.41) is 23.0. The average Bonchev–Trinajstić information content (AvgIpc) is 2.70. The van der Waals surface area contributed by atoms with Gasteiger partial charge in [-0.3, -0.25) is 5.21 Å². The number of benzene rings is 1. The summed E-state index contributed by atoms with van der Waals surface area (Å²) in [5.74, 6) is -2.10. The fourth-order valence-corrected chi connectivity index (χ4v) is 2.61. The van der Waals surface area contributed by atoms with E-state index < -0.39 is 11.9 Å². The number of pyridine rings is 1. The summed E-state index contributed by atoms with van der Waals surface area (Å²) in [6.45, 7) is 0.950. The van der Waals surface area contributed by atoms with Crippen LogP contribution in [0.3, 0.4) is 0 Å². The van der Waals surface area contributed by atoms with Crippen molar-refractivity contribution >= 4 is 12.2 Å². The van der Waals surface area contributed by atoms with Gasteiger partial charge in [0.1, 0.15) is 13.2 Å². The minimum atomic E-state index is -1.21. The lowest BCUT2D eigenvalue weighted by atomic mass is 9.95. The second-order valence-corrected chi connectivity index (χ2v) is 5.96. The molecule has 0 radical (unpaired) electrons. The maximum absolute atomic E-state index is 11.6. The van der Waals surface area contributed by atoms with Gasteiger partial charge in [-0.1, -0.05) is 30.3 Å². The molecule has 0 saturated carbocycles. The Labute approximate surface area is 163 Å². The number of ether oxygens (including phenoxy) is 2. The van der Waals surface area contributed by atoms with Crippen LogP contribution in [0.5, 0.6) is 0 Å². The van der Waals surface area contributed by atoms with E-state index in [1.165, 1.54) is 13.3 Å². The van der Waals surface area contributed by atoms with Crippen LogP contribution < -0.4 is 9.67 Å². The first-order valence-electron chi connectivity index (χ1n) is 8.84. The molecule has 1 aromatic carbocycles. The molecule has 0 aliphatic rings. The van der Waals surface area contributed by atoms with E-state index in [0.29, 0.717) is 22.6 Å². The number of carboxylic acids is 1. The molecular formula is C20H24N2O6. The van der Waals surface area contributed by atoms with Crippen LogP contribution in [0, 0.1) is 5.21 Å². The summed E-state index contributed by atoms with van der Waals surface area (Å²) in [7, 11) is 1.43. The summed E-state index contributed by atoms with van der Waals surface area (Å²) in [5.41, 5.74) is 1.26. The second-order valence-electron chi connectivity index (χ2n) is 5.96. The van der Waals surface area contributed by atoms with E-state index in [0.717, 1.165) is 0 Å². The van der Waals surface area contributed by atoms with E-state index in [-0.39, 0.29) is 26.4 Å². The number of aromatic nitrogens is 1. The van der Waals surface area contributed by atoms with Crippen LogP contribution in [0.1, 0.15) is 17.0 Å². The van der Waals surface area contributed by atoms with Crippen LogP contribution in [-0.2, 0) is 32.3 Å². The molecule has 1 heterocycles. The number of aliphatic carboxylic acids is 1. The Balaban J connectivity index is 1.81. The normalized spacial score (nSPS) is 12.5. The highest BCUT2D eigenvalue weighted by Gasteiger charge is 2.16. The highest BCUT2D eigenvalue weighted by molar-refractivity contribution is 5.74. The third-order valence-corrected chi connectivity index (χ3v) is 3.99. The van der Waals surface area contributed by atoms with Crippen molar-refractivity contribution in [1.82, 2.24) is 0 Å². The molecule has 1 aromatic heterocycles. The Morgan fingerprint density at radius 2 is 1.96 bits per heavy atom. The number of methoxy groups -OCH3 is 1. The van der Waals surface area contributed by atoms with Crippen molar-refractivity contribution < 1.29 is 33.7 Å². The number of carbonyl (C=O) groups is 1. The first-order chi connectivity index (χ1) is 13.6. The number of carbonyl (C=O) groups excluding carboxylic acids is 1. The van der Waals surface area contributed by atoms with Crippen LogP contribution in [0.4, 0.5) is 0 Å². The standard InChI is InChI=1S/C20H24N2O6/c1-26-16-19(20(23)24)18-8-4-3-7-17(18)15-27-13-12-22(25)28-14-11-21-9-5-2-6-10-21/h2-10,12,19H,11,13-16H2,1H3/b22-12+. The van der Waals surface area contributed by atoms with E-state index in [2.05, 4.69) is 0 Å². The van der Waals surface area contributed by atoms with E-state index in [1.54, 1.807) is 24.3 Å². The summed E-state index contributed by atoms with van der Waals surface area (Å²) >= 11 is 0. The topological polar surface area (TPSA) is 97.8 Å². The molecule has 0 spiro atoms. The monoisotopic (exact) mass is 388 g/mol. The van der Waals surface area contributed by atoms with Crippen molar-refractivity contribution in [1.29, 1.82) is 0 Å². The first-order valence-corrected chi connectivity index (χ1v) is 8.84. The Bertz CT molecular complexity index is 766.